The van der Waals surface area contributed by atoms with E-state index in [-0.39, 0.29) is 13.0 Å². The topological polar surface area (TPSA) is 52.3 Å². The van der Waals surface area contributed by atoms with Gasteiger partial charge in [0, 0.05) is 6.42 Å². The Hall–Kier alpha value is -0.710. The number of alkyl halides is 2. The van der Waals surface area contributed by atoms with Gasteiger partial charge < -0.3 is 10.5 Å². The number of carbonyl (C=O) groups excluding carboxylic acids is 1. The minimum Gasteiger partial charge on any atom is -0.365 e. The van der Waals surface area contributed by atoms with Crippen molar-refractivity contribution in [3.8, 4) is 0 Å². The van der Waals surface area contributed by atoms with Crippen LogP contribution in [0.25, 0.3) is 0 Å². The summed E-state index contributed by atoms with van der Waals surface area (Å²) in [7, 11) is 0. The van der Waals surface area contributed by atoms with Gasteiger partial charge in [0.2, 0.25) is 0 Å². The van der Waals surface area contributed by atoms with Crippen LogP contribution in [0.5, 0.6) is 0 Å². The van der Waals surface area contributed by atoms with Crippen molar-refractivity contribution in [2.45, 2.75) is 18.4 Å². The summed E-state index contributed by atoms with van der Waals surface area (Å²) in [6.45, 7) is -0.0966. The Bertz CT molecular complexity index is 164. The van der Waals surface area contributed by atoms with Gasteiger partial charge in [-0.25, -0.2) is 4.39 Å². The second kappa shape index (κ2) is 2.16. The zero-order valence-electron chi connectivity index (χ0n) is 5.14. The van der Waals surface area contributed by atoms with E-state index in [2.05, 4.69) is 10.5 Å². The van der Waals surface area contributed by atoms with Crippen LogP contribution in [0.1, 0.15) is 6.42 Å². The van der Waals surface area contributed by atoms with Gasteiger partial charge in [0.1, 0.15) is 0 Å². The molecule has 1 fully saturated rings. The van der Waals surface area contributed by atoms with Crippen molar-refractivity contribution in [2.24, 2.45) is 5.73 Å². The predicted octanol–water partition coefficient (Wildman–Crippen LogP) is -0.104. The first-order chi connectivity index (χ1) is 4.57. The number of ether oxygens (including phenoxy) is 1. The van der Waals surface area contributed by atoms with E-state index in [1.165, 1.54) is 0 Å². The Morgan fingerprint density at radius 2 is 2.40 bits per heavy atom. The fourth-order valence-electron chi connectivity index (χ4n) is 0.812. The molecule has 0 aromatic heterocycles. The third-order valence-electron chi connectivity index (χ3n) is 1.42. The molecule has 3 nitrogen and oxygen atoms in total. The van der Waals surface area contributed by atoms with Gasteiger partial charge in [-0.2, -0.15) is 4.39 Å². The molecule has 1 heterocycles. The third-order valence-corrected chi connectivity index (χ3v) is 1.42. The summed E-state index contributed by atoms with van der Waals surface area (Å²) in [5.41, 5.74) is 4.54. The Labute approximate surface area is 56.1 Å². The average molecular weight is 151 g/mol. The molecule has 10 heavy (non-hydrogen) atoms. The molecule has 1 rings (SSSR count). The van der Waals surface area contributed by atoms with E-state index in [9.17, 15) is 13.6 Å². The zero-order chi connectivity index (χ0) is 7.78. The Balaban J connectivity index is 2.75. The molecular weight excluding hydrogens is 144 g/mol. The second-order valence-corrected chi connectivity index (χ2v) is 2.11. The van der Waals surface area contributed by atoms with Crippen LogP contribution < -0.4 is 5.73 Å². The van der Waals surface area contributed by atoms with Crippen LogP contribution in [-0.2, 0) is 9.53 Å². The van der Waals surface area contributed by atoms with Crippen LogP contribution in [0.3, 0.4) is 0 Å². The standard InChI is InChI=1S/C5H7F2NO2/c6-3-1-2-10-5(3,7)4(8)9/h3H,1-2H2,(H2,8,9). The SMILES string of the molecule is NC(=O)C1(F)OCCC1F. The number of amides is 1. The maximum Gasteiger partial charge on any atom is 0.319 e. The second-order valence-electron chi connectivity index (χ2n) is 2.11. The van der Waals surface area contributed by atoms with Crippen molar-refractivity contribution in [1.82, 2.24) is 0 Å². The molecule has 2 N–H and O–H groups in total. The van der Waals surface area contributed by atoms with Crippen molar-refractivity contribution in [3.05, 3.63) is 0 Å². The van der Waals surface area contributed by atoms with Crippen LogP contribution in [0.15, 0.2) is 0 Å². The molecule has 58 valence electrons. The molecule has 0 aliphatic carbocycles. The lowest BCUT2D eigenvalue weighted by Crippen LogP contribution is -2.45. The van der Waals surface area contributed by atoms with Gasteiger partial charge in [-0.3, -0.25) is 4.79 Å². The maximum absolute atomic E-state index is 12.8. The van der Waals surface area contributed by atoms with E-state index in [1.807, 2.05) is 0 Å². The fourth-order valence-corrected chi connectivity index (χ4v) is 0.812. The molecular formula is C5H7F2NO2. The largest absolute Gasteiger partial charge is 0.365 e. The minimum absolute atomic E-state index is 0.0966. The number of hydrogen-bond donors (Lipinski definition) is 1. The molecule has 1 aliphatic heterocycles. The van der Waals surface area contributed by atoms with Crippen LogP contribution in [0.4, 0.5) is 8.78 Å². The van der Waals surface area contributed by atoms with Gasteiger partial charge in [-0.05, 0) is 0 Å². The number of primary amides is 1. The average Bonchev–Trinajstić information content (AvgIpc) is 2.15. The molecule has 1 aliphatic rings. The van der Waals surface area contributed by atoms with Gasteiger partial charge >= 0.3 is 5.85 Å². The first kappa shape index (κ1) is 7.40. The van der Waals surface area contributed by atoms with E-state index in [1.54, 1.807) is 0 Å². The van der Waals surface area contributed by atoms with Crippen molar-refractivity contribution in [3.63, 3.8) is 0 Å². The fraction of sp³-hybridized carbons (Fsp3) is 0.800. The quantitative estimate of drug-likeness (QED) is 0.568. The highest BCUT2D eigenvalue weighted by molar-refractivity contribution is 5.82. The molecule has 2 atom stereocenters. The van der Waals surface area contributed by atoms with E-state index in [0.717, 1.165) is 0 Å². The highest BCUT2D eigenvalue weighted by Crippen LogP contribution is 2.29. The lowest BCUT2D eigenvalue weighted by molar-refractivity contribution is -0.170. The van der Waals surface area contributed by atoms with Crippen LogP contribution in [-0.4, -0.2) is 24.5 Å². The van der Waals surface area contributed by atoms with Gasteiger partial charge in [0.15, 0.2) is 6.17 Å². The third kappa shape index (κ3) is 0.862. The summed E-state index contributed by atoms with van der Waals surface area (Å²) in [5, 5.41) is 0. The van der Waals surface area contributed by atoms with Crippen molar-refractivity contribution >= 4 is 5.91 Å². The van der Waals surface area contributed by atoms with Crippen LogP contribution >= 0.6 is 0 Å². The summed E-state index contributed by atoms with van der Waals surface area (Å²) in [6, 6.07) is 0. The molecule has 0 saturated carbocycles. The van der Waals surface area contributed by atoms with E-state index in [4.69, 9.17) is 0 Å². The zero-order valence-corrected chi connectivity index (χ0v) is 5.14. The van der Waals surface area contributed by atoms with Gasteiger partial charge in [0.05, 0.1) is 6.61 Å². The highest BCUT2D eigenvalue weighted by Gasteiger charge is 2.51. The molecule has 0 radical (unpaired) electrons. The Morgan fingerprint density at radius 1 is 1.80 bits per heavy atom. The summed E-state index contributed by atoms with van der Waals surface area (Å²) in [4.78, 5) is 10.2. The molecule has 5 heteroatoms. The summed E-state index contributed by atoms with van der Waals surface area (Å²) in [5.74, 6) is -4.27. The first-order valence-electron chi connectivity index (χ1n) is 2.84. The highest BCUT2D eigenvalue weighted by atomic mass is 19.2. The van der Waals surface area contributed by atoms with Gasteiger partial charge in [-0.15, -0.1) is 0 Å². The lowest BCUT2D eigenvalue weighted by Gasteiger charge is -2.15. The number of hydrogen-bond acceptors (Lipinski definition) is 2. The van der Waals surface area contributed by atoms with Gasteiger partial charge in [0.25, 0.3) is 5.91 Å². The molecule has 0 aromatic carbocycles. The molecule has 0 aromatic rings. The van der Waals surface area contributed by atoms with Crippen LogP contribution in [0.2, 0.25) is 0 Å². The Morgan fingerprint density at radius 3 is 2.60 bits per heavy atom. The monoisotopic (exact) mass is 151 g/mol. The van der Waals surface area contributed by atoms with Crippen molar-refractivity contribution in [1.29, 1.82) is 0 Å². The number of carbonyl (C=O) groups is 1. The Kier molecular flexibility index (Phi) is 1.60. The van der Waals surface area contributed by atoms with E-state index in [0.29, 0.717) is 0 Å². The minimum atomic E-state index is -2.88. The maximum atomic E-state index is 12.8. The molecule has 1 saturated heterocycles. The van der Waals surface area contributed by atoms with Crippen molar-refractivity contribution in [2.75, 3.05) is 6.61 Å². The number of halogens is 2. The molecule has 1 amide bonds. The summed E-state index contributed by atoms with van der Waals surface area (Å²) < 4.78 is 29.4. The van der Waals surface area contributed by atoms with Gasteiger partial charge in [-0.1, -0.05) is 0 Å². The summed E-state index contributed by atoms with van der Waals surface area (Å²) in [6.07, 6.45) is -2.02. The predicted molar refractivity (Wildman–Crippen MR) is 28.5 cm³/mol. The van der Waals surface area contributed by atoms with E-state index >= 15 is 0 Å². The first-order valence-corrected chi connectivity index (χ1v) is 2.84. The summed E-state index contributed by atoms with van der Waals surface area (Å²) >= 11 is 0. The number of rotatable bonds is 1. The molecule has 2 unspecified atom stereocenters. The van der Waals surface area contributed by atoms with E-state index < -0.39 is 17.9 Å². The molecule has 0 bridgehead atoms. The normalized spacial score (nSPS) is 40.0. The van der Waals surface area contributed by atoms with Crippen molar-refractivity contribution < 1.29 is 18.3 Å². The lowest BCUT2D eigenvalue weighted by atomic mass is 10.2. The van der Waals surface area contributed by atoms with Crippen LogP contribution in [0, 0.1) is 0 Å². The molecule has 0 spiro atoms. The number of nitrogens with two attached hydrogens (primary N) is 1. The smallest absolute Gasteiger partial charge is 0.319 e.